The van der Waals surface area contributed by atoms with Crippen LogP contribution in [0.2, 0.25) is 0 Å². The average Bonchev–Trinajstić information content (AvgIpc) is 3.82. The van der Waals surface area contributed by atoms with Crippen molar-refractivity contribution < 1.29 is 41.5 Å². The molecular weight excluding hydrogens is 650 g/mol. The molecule has 6 rings (SSSR count). The molecule has 2 aromatic rings. The lowest BCUT2D eigenvalue weighted by Crippen LogP contribution is -2.47. The van der Waals surface area contributed by atoms with E-state index in [2.05, 4.69) is 9.71 Å². The van der Waals surface area contributed by atoms with Crippen molar-refractivity contribution >= 4 is 44.7 Å². The Bertz CT molecular complexity index is 1720. The van der Waals surface area contributed by atoms with Gasteiger partial charge in [-0.2, -0.15) is 4.98 Å². The van der Waals surface area contributed by atoms with Gasteiger partial charge in [0.1, 0.15) is 17.2 Å². The average molecular weight is 698 g/mol. The second-order valence-corrected chi connectivity index (χ2v) is 17.7. The number of sulfonamides is 1. The molecule has 12 nitrogen and oxygen atoms in total. The van der Waals surface area contributed by atoms with Crippen LogP contribution < -0.4 is 9.46 Å². The number of nitrogens with one attached hydrogen (secondary N) is 1. The Morgan fingerprint density at radius 1 is 1.12 bits per heavy atom. The number of esters is 1. The lowest BCUT2D eigenvalue weighted by atomic mass is 9.90. The summed E-state index contributed by atoms with van der Waals surface area (Å²) >= 11 is 0. The molecule has 3 heterocycles. The molecule has 5 atom stereocenters. The number of fused-ring (bicyclic) bond motifs is 3. The number of oxazole rings is 1. The molecule has 2 aliphatic carbocycles. The van der Waals surface area contributed by atoms with Gasteiger partial charge in [0.15, 0.2) is 11.4 Å². The van der Waals surface area contributed by atoms with Crippen LogP contribution in [0.3, 0.4) is 0 Å². The first-order valence-electron chi connectivity index (χ1n) is 17.4. The Labute approximate surface area is 287 Å². The zero-order valence-corrected chi connectivity index (χ0v) is 29.6. The number of ketones is 1. The number of para-hydroxylation sites is 2. The third-order valence-corrected chi connectivity index (χ3v) is 12.5. The standard InChI is InChI=1S/C36H47N3O9S/c1-34(2,3)48-30(41)18-23-12-8-6-5-7-9-13-24-20-36(24,32(43)38-49(44,45)35(4)16-17-35)21-28(40)27-19-25(22-39(27)31(23)42)46-33-37-26-14-10-11-15-29(26)47-33/h9-11,13-15,23-25,27H,5-8,12,16-22H2,1-4H3,(H,38,43)/b13-9-/t23-,24+,25-,27+,36-/m1/s1. The Morgan fingerprint density at radius 3 is 2.59 bits per heavy atom. The number of amides is 2. The van der Waals surface area contributed by atoms with E-state index < -0.39 is 55.7 Å². The summed E-state index contributed by atoms with van der Waals surface area (Å²) in [6.07, 6.45) is 7.87. The van der Waals surface area contributed by atoms with E-state index in [0.29, 0.717) is 43.2 Å². The third-order valence-electron chi connectivity index (χ3n) is 10.3. The highest BCUT2D eigenvalue weighted by Gasteiger charge is 2.62. The van der Waals surface area contributed by atoms with Gasteiger partial charge in [-0.15, -0.1) is 0 Å². The number of allylic oxidation sites excluding steroid dienone is 2. The molecule has 0 radical (unpaired) electrons. The lowest BCUT2D eigenvalue weighted by Gasteiger charge is -2.29. The zero-order chi connectivity index (χ0) is 35.2. The van der Waals surface area contributed by atoms with Crippen molar-refractivity contribution in [2.75, 3.05) is 6.54 Å². The summed E-state index contributed by atoms with van der Waals surface area (Å²) in [6.45, 7) is 6.97. The van der Waals surface area contributed by atoms with Gasteiger partial charge in [-0.1, -0.05) is 37.1 Å². The second-order valence-electron chi connectivity index (χ2n) is 15.5. The highest BCUT2D eigenvalue weighted by molar-refractivity contribution is 7.91. The number of ether oxygens (including phenoxy) is 2. The highest BCUT2D eigenvalue weighted by Crippen LogP contribution is 2.57. The van der Waals surface area contributed by atoms with Crippen molar-refractivity contribution in [3.63, 3.8) is 0 Å². The molecule has 2 aliphatic heterocycles. The van der Waals surface area contributed by atoms with Gasteiger partial charge < -0.3 is 18.8 Å². The molecule has 13 heteroatoms. The number of carbonyl (C=O) groups excluding carboxylic acids is 4. The summed E-state index contributed by atoms with van der Waals surface area (Å²) in [5.41, 5.74) is -0.830. The van der Waals surface area contributed by atoms with Crippen LogP contribution in [-0.4, -0.2) is 70.9 Å². The maximum atomic E-state index is 14.4. The van der Waals surface area contributed by atoms with Gasteiger partial charge in [-0.3, -0.25) is 23.9 Å². The fraction of sp³-hybridized carbons (Fsp3) is 0.639. The summed E-state index contributed by atoms with van der Waals surface area (Å²) in [5, 5.41) is 0. The molecule has 1 aromatic heterocycles. The number of aromatic nitrogens is 1. The smallest absolute Gasteiger partial charge is 0.394 e. The van der Waals surface area contributed by atoms with Gasteiger partial charge >= 0.3 is 12.0 Å². The first kappa shape index (κ1) is 35.1. The largest absolute Gasteiger partial charge is 0.460 e. The minimum Gasteiger partial charge on any atom is -0.460 e. The minimum atomic E-state index is -3.92. The van der Waals surface area contributed by atoms with Crippen LogP contribution in [0.5, 0.6) is 6.08 Å². The molecule has 2 amide bonds. The van der Waals surface area contributed by atoms with Crippen LogP contribution in [0.15, 0.2) is 40.8 Å². The maximum absolute atomic E-state index is 14.4. The molecule has 266 valence electrons. The normalized spacial score (nSPS) is 29.6. The van der Waals surface area contributed by atoms with Crippen LogP contribution >= 0.6 is 0 Å². The van der Waals surface area contributed by atoms with Crippen molar-refractivity contribution in [2.45, 2.75) is 121 Å². The first-order chi connectivity index (χ1) is 23.1. The van der Waals surface area contributed by atoms with Crippen molar-refractivity contribution in [1.82, 2.24) is 14.6 Å². The summed E-state index contributed by atoms with van der Waals surface area (Å²) in [6, 6.07) is 6.23. The van der Waals surface area contributed by atoms with E-state index in [1.165, 1.54) is 4.90 Å². The van der Waals surface area contributed by atoms with E-state index in [1.807, 2.05) is 24.3 Å². The molecule has 1 saturated heterocycles. The summed E-state index contributed by atoms with van der Waals surface area (Å²) < 4.78 is 44.9. The number of hydrogen-bond acceptors (Lipinski definition) is 10. The minimum absolute atomic E-state index is 0.0150. The number of rotatable bonds is 7. The van der Waals surface area contributed by atoms with E-state index in [0.717, 1.165) is 19.3 Å². The zero-order valence-electron chi connectivity index (χ0n) is 28.7. The predicted molar refractivity (Wildman–Crippen MR) is 180 cm³/mol. The SMILES string of the molecule is CC(C)(C)OC(=O)C[C@H]1CCCCC/C=C\[C@H]2C[C@@]2(C(=O)NS(=O)(=O)C2(C)CC2)CC(=O)[C@@H]2C[C@@H](Oc3nc4ccccc4o3)CN2C1=O. The number of nitrogens with zero attached hydrogens (tertiary/aromatic N) is 2. The van der Waals surface area contributed by atoms with Gasteiger partial charge in [0.2, 0.25) is 21.8 Å². The number of Topliss-reactive ketones (excluding diaryl/α,β-unsaturated/α-hetero) is 1. The van der Waals surface area contributed by atoms with Crippen LogP contribution in [0, 0.1) is 17.3 Å². The Kier molecular flexibility index (Phi) is 9.44. The molecule has 4 aliphatic rings. The van der Waals surface area contributed by atoms with Gasteiger partial charge in [-0.25, -0.2) is 8.42 Å². The molecule has 1 N–H and O–H groups in total. The molecule has 0 unspecified atom stereocenters. The van der Waals surface area contributed by atoms with E-state index in [1.54, 1.807) is 39.8 Å². The molecule has 1 aromatic carbocycles. The van der Waals surface area contributed by atoms with Gasteiger partial charge in [-0.05, 0) is 84.3 Å². The Hall–Kier alpha value is -3.74. The van der Waals surface area contributed by atoms with Crippen molar-refractivity contribution in [3.05, 3.63) is 36.4 Å². The Morgan fingerprint density at radius 2 is 1.88 bits per heavy atom. The van der Waals surface area contributed by atoms with E-state index in [-0.39, 0.29) is 49.5 Å². The quantitative estimate of drug-likeness (QED) is 0.308. The Balaban J connectivity index is 1.29. The molecule has 0 spiro atoms. The number of hydrogen-bond donors (Lipinski definition) is 1. The monoisotopic (exact) mass is 697 g/mol. The van der Waals surface area contributed by atoms with E-state index in [4.69, 9.17) is 13.9 Å². The fourth-order valence-corrected chi connectivity index (χ4v) is 8.38. The number of carbonyl (C=O) groups is 4. The first-order valence-corrected chi connectivity index (χ1v) is 18.9. The predicted octanol–water partition coefficient (Wildman–Crippen LogP) is 5.01. The molecule has 2 saturated carbocycles. The summed E-state index contributed by atoms with van der Waals surface area (Å²) in [7, 11) is -3.92. The fourth-order valence-electron chi connectivity index (χ4n) is 7.05. The molecule has 49 heavy (non-hydrogen) atoms. The maximum Gasteiger partial charge on any atom is 0.394 e. The number of benzene rings is 1. The molecular formula is C36H47N3O9S. The topological polar surface area (TPSA) is 162 Å². The van der Waals surface area contributed by atoms with Crippen LogP contribution in [-0.2, 0) is 33.9 Å². The van der Waals surface area contributed by atoms with Crippen molar-refractivity contribution in [2.24, 2.45) is 17.3 Å². The third kappa shape index (κ3) is 7.71. The molecule has 3 fully saturated rings. The van der Waals surface area contributed by atoms with E-state index >= 15 is 0 Å². The van der Waals surface area contributed by atoms with Gasteiger partial charge in [0.25, 0.3) is 0 Å². The summed E-state index contributed by atoms with van der Waals surface area (Å²) in [5.74, 6) is -2.90. The van der Waals surface area contributed by atoms with Gasteiger partial charge in [0.05, 0.1) is 29.2 Å². The highest BCUT2D eigenvalue weighted by atomic mass is 32.2. The molecule has 0 bridgehead atoms. The van der Waals surface area contributed by atoms with E-state index in [9.17, 15) is 27.6 Å². The van der Waals surface area contributed by atoms with Crippen LogP contribution in [0.1, 0.15) is 98.3 Å². The van der Waals surface area contributed by atoms with Crippen molar-refractivity contribution in [3.8, 4) is 6.08 Å². The van der Waals surface area contributed by atoms with Crippen molar-refractivity contribution in [1.29, 1.82) is 0 Å². The van der Waals surface area contributed by atoms with Crippen LogP contribution in [0.25, 0.3) is 11.1 Å². The summed E-state index contributed by atoms with van der Waals surface area (Å²) in [4.78, 5) is 61.3. The van der Waals surface area contributed by atoms with Gasteiger partial charge in [0, 0.05) is 18.8 Å². The lowest BCUT2D eigenvalue weighted by molar-refractivity contribution is -0.159. The van der Waals surface area contributed by atoms with Crippen LogP contribution in [0.4, 0.5) is 0 Å². The second kappa shape index (κ2) is 13.2.